The Balaban J connectivity index is 1.59. The number of nitrogens with zero attached hydrogens (tertiary/aromatic N) is 1. The van der Waals surface area contributed by atoms with Crippen molar-refractivity contribution in [3.8, 4) is 0 Å². The van der Waals surface area contributed by atoms with E-state index in [0.717, 1.165) is 40.9 Å². The average Bonchev–Trinajstić information content (AvgIpc) is 2.87. The molecule has 112 valence electrons. The number of rotatable bonds is 2. The number of likely N-dealkylation sites (tertiary alicyclic amines) is 1. The second-order valence-corrected chi connectivity index (χ2v) is 6.89. The minimum absolute atomic E-state index is 0.00513. The van der Waals surface area contributed by atoms with Crippen LogP contribution in [0.5, 0.6) is 0 Å². The van der Waals surface area contributed by atoms with Gasteiger partial charge >= 0.3 is 6.03 Å². The van der Waals surface area contributed by atoms with Crippen molar-refractivity contribution in [2.24, 2.45) is 5.92 Å². The SMILES string of the molecule is CC1CCN(C(=O)NCc2cc3cc(F)ccc3s2)CC1. The van der Waals surface area contributed by atoms with Gasteiger partial charge in [0.05, 0.1) is 6.54 Å². The average molecular weight is 306 g/mol. The summed E-state index contributed by atoms with van der Waals surface area (Å²) in [6.45, 7) is 4.41. The van der Waals surface area contributed by atoms with Gasteiger partial charge in [-0.25, -0.2) is 9.18 Å². The maximum Gasteiger partial charge on any atom is 0.317 e. The molecule has 2 amide bonds. The highest BCUT2D eigenvalue weighted by Gasteiger charge is 2.19. The quantitative estimate of drug-likeness (QED) is 0.894. The number of carbonyl (C=O) groups excluding carboxylic acids is 1. The van der Waals surface area contributed by atoms with Gasteiger partial charge in [0.2, 0.25) is 0 Å². The van der Waals surface area contributed by atoms with Gasteiger partial charge in [-0.15, -0.1) is 11.3 Å². The van der Waals surface area contributed by atoms with Crippen molar-refractivity contribution in [2.45, 2.75) is 26.3 Å². The third-order valence-corrected chi connectivity index (χ3v) is 5.13. The van der Waals surface area contributed by atoms with Gasteiger partial charge in [-0.1, -0.05) is 6.92 Å². The first-order valence-electron chi connectivity index (χ1n) is 7.32. The van der Waals surface area contributed by atoms with Crippen molar-refractivity contribution in [3.05, 3.63) is 35.0 Å². The summed E-state index contributed by atoms with van der Waals surface area (Å²) in [7, 11) is 0. The molecular weight excluding hydrogens is 287 g/mol. The third-order valence-electron chi connectivity index (χ3n) is 4.01. The van der Waals surface area contributed by atoms with Crippen LogP contribution in [-0.4, -0.2) is 24.0 Å². The van der Waals surface area contributed by atoms with E-state index in [-0.39, 0.29) is 11.8 Å². The lowest BCUT2D eigenvalue weighted by atomic mass is 10.00. The molecule has 3 nitrogen and oxygen atoms in total. The molecule has 5 heteroatoms. The van der Waals surface area contributed by atoms with Crippen LogP contribution >= 0.6 is 11.3 Å². The van der Waals surface area contributed by atoms with Crippen LogP contribution in [-0.2, 0) is 6.54 Å². The minimum Gasteiger partial charge on any atom is -0.333 e. The predicted molar refractivity (Wildman–Crippen MR) is 84.0 cm³/mol. The Hall–Kier alpha value is -1.62. The monoisotopic (exact) mass is 306 g/mol. The van der Waals surface area contributed by atoms with Crippen LogP contribution in [0.15, 0.2) is 24.3 Å². The van der Waals surface area contributed by atoms with E-state index < -0.39 is 0 Å². The van der Waals surface area contributed by atoms with E-state index in [1.165, 1.54) is 12.1 Å². The van der Waals surface area contributed by atoms with E-state index in [0.29, 0.717) is 12.5 Å². The van der Waals surface area contributed by atoms with Gasteiger partial charge < -0.3 is 10.2 Å². The fraction of sp³-hybridized carbons (Fsp3) is 0.438. The summed E-state index contributed by atoms with van der Waals surface area (Å²) >= 11 is 1.60. The van der Waals surface area contributed by atoms with Crippen molar-refractivity contribution in [3.63, 3.8) is 0 Å². The fourth-order valence-corrected chi connectivity index (χ4v) is 3.63. The number of benzene rings is 1. The van der Waals surface area contributed by atoms with Gasteiger partial charge in [-0.3, -0.25) is 0 Å². The molecule has 0 unspecified atom stereocenters. The molecule has 0 saturated carbocycles. The van der Waals surface area contributed by atoms with Crippen LogP contribution in [0.1, 0.15) is 24.6 Å². The van der Waals surface area contributed by atoms with Crippen LogP contribution in [0.2, 0.25) is 0 Å². The number of piperidine rings is 1. The zero-order valence-electron chi connectivity index (χ0n) is 12.1. The molecule has 1 aliphatic heterocycles. The summed E-state index contributed by atoms with van der Waals surface area (Å²) in [5.74, 6) is 0.491. The Morgan fingerprint density at radius 2 is 2.14 bits per heavy atom. The molecule has 0 radical (unpaired) electrons. The van der Waals surface area contributed by atoms with E-state index in [2.05, 4.69) is 12.2 Å². The molecular formula is C16H19FN2OS. The minimum atomic E-state index is -0.224. The zero-order valence-corrected chi connectivity index (χ0v) is 12.9. The highest BCUT2D eigenvalue weighted by Crippen LogP contribution is 2.26. The summed E-state index contributed by atoms with van der Waals surface area (Å²) in [5, 5.41) is 3.86. The summed E-state index contributed by atoms with van der Waals surface area (Å²) in [6, 6.07) is 6.73. The normalized spacial score (nSPS) is 16.4. The Labute approximate surface area is 127 Å². The van der Waals surface area contributed by atoms with Gasteiger partial charge in [0.15, 0.2) is 0 Å². The first-order valence-corrected chi connectivity index (χ1v) is 8.14. The Kier molecular flexibility index (Phi) is 4.10. The molecule has 0 atom stereocenters. The fourth-order valence-electron chi connectivity index (χ4n) is 2.64. The molecule has 1 aliphatic rings. The first kappa shape index (κ1) is 14.3. The van der Waals surface area contributed by atoms with Crippen molar-refractivity contribution in [2.75, 3.05) is 13.1 Å². The Morgan fingerprint density at radius 3 is 2.90 bits per heavy atom. The molecule has 2 aromatic rings. The Bertz CT molecular complexity index is 647. The molecule has 21 heavy (non-hydrogen) atoms. The standard InChI is InChI=1S/C16H19FN2OS/c1-11-4-6-19(7-5-11)16(20)18-10-14-9-12-8-13(17)2-3-15(12)21-14/h2-3,8-9,11H,4-7,10H2,1H3,(H,18,20). The molecule has 0 aliphatic carbocycles. The number of nitrogens with one attached hydrogen (secondary N) is 1. The summed E-state index contributed by atoms with van der Waals surface area (Å²) < 4.78 is 14.2. The summed E-state index contributed by atoms with van der Waals surface area (Å²) in [6.07, 6.45) is 2.16. The van der Waals surface area contributed by atoms with Crippen LogP contribution in [0.4, 0.5) is 9.18 Å². The second kappa shape index (κ2) is 6.02. The molecule has 1 saturated heterocycles. The van der Waals surface area contributed by atoms with Crippen LogP contribution in [0.3, 0.4) is 0 Å². The number of hydrogen-bond donors (Lipinski definition) is 1. The van der Waals surface area contributed by atoms with Crippen molar-refractivity contribution in [1.82, 2.24) is 10.2 Å². The molecule has 1 N–H and O–H groups in total. The number of amides is 2. The second-order valence-electron chi connectivity index (χ2n) is 5.72. The number of halogens is 1. The number of fused-ring (bicyclic) bond motifs is 1. The van der Waals surface area contributed by atoms with E-state index in [4.69, 9.17) is 0 Å². The molecule has 0 spiro atoms. The zero-order chi connectivity index (χ0) is 14.8. The lowest BCUT2D eigenvalue weighted by molar-refractivity contribution is 0.173. The smallest absolute Gasteiger partial charge is 0.317 e. The lowest BCUT2D eigenvalue weighted by Gasteiger charge is -2.30. The molecule has 1 aromatic carbocycles. The van der Waals surface area contributed by atoms with Crippen LogP contribution in [0, 0.1) is 11.7 Å². The van der Waals surface area contributed by atoms with Gasteiger partial charge in [0.1, 0.15) is 5.82 Å². The highest BCUT2D eigenvalue weighted by molar-refractivity contribution is 7.19. The van der Waals surface area contributed by atoms with Crippen LogP contribution < -0.4 is 5.32 Å². The highest BCUT2D eigenvalue weighted by atomic mass is 32.1. The van der Waals surface area contributed by atoms with Gasteiger partial charge in [-0.05, 0) is 48.4 Å². The third kappa shape index (κ3) is 3.35. The maximum atomic E-state index is 13.2. The molecule has 1 aromatic heterocycles. The van der Waals surface area contributed by atoms with Crippen LogP contribution in [0.25, 0.3) is 10.1 Å². The number of carbonyl (C=O) groups is 1. The summed E-state index contributed by atoms with van der Waals surface area (Å²) in [4.78, 5) is 15.0. The molecule has 3 rings (SSSR count). The molecule has 0 bridgehead atoms. The number of hydrogen-bond acceptors (Lipinski definition) is 2. The van der Waals surface area contributed by atoms with Gasteiger partial charge in [-0.2, -0.15) is 0 Å². The molecule has 2 heterocycles. The lowest BCUT2D eigenvalue weighted by Crippen LogP contribution is -2.43. The van der Waals surface area contributed by atoms with E-state index >= 15 is 0 Å². The summed E-state index contributed by atoms with van der Waals surface area (Å²) in [5.41, 5.74) is 0. The van der Waals surface area contributed by atoms with E-state index in [1.807, 2.05) is 11.0 Å². The van der Waals surface area contributed by atoms with Gasteiger partial charge in [0.25, 0.3) is 0 Å². The number of thiophene rings is 1. The predicted octanol–water partition coefficient (Wildman–Crippen LogP) is 3.98. The largest absolute Gasteiger partial charge is 0.333 e. The number of urea groups is 1. The first-order chi connectivity index (χ1) is 10.1. The van der Waals surface area contributed by atoms with Crippen molar-refractivity contribution >= 4 is 27.5 Å². The van der Waals surface area contributed by atoms with Gasteiger partial charge in [0, 0.05) is 22.7 Å². The molecule has 1 fully saturated rings. The van der Waals surface area contributed by atoms with Crippen molar-refractivity contribution in [1.29, 1.82) is 0 Å². The van der Waals surface area contributed by atoms with Crippen molar-refractivity contribution < 1.29 is 9.18 Å². The van der Waals surface area contributed by atoms with E-state index in [1.54, 1.807) is 17.4 Å². The van der Waals surface area contributed by atoms with E-state index in [9.17, 15) is 9.18 Å². The maximum absolute atomic E-state index is 13.2. The topological polar surface area (TPSA) is 32.3 Å². The Morgan fingerprint density at radius 1 is 1.38 bits per heavy atom.